The lowest BCUT2D eigenvalue weighted by atomic mass is 9.90. The van der Waals surface area contributed by atoms with E-state index in [1.165, 1.54) is 6.07 Å². The third-order valence-corrected chi connectivity index (χ3v) is 4.58. The van der Waals surface area contributed by atoms with E-state index in [9.17, 15) is 9.18 Å². The lowest BCUT2D eigenvalue weighted by Crippen LogP contribution is -2.25. The lowest BCUT2D eigenvalue weighted by Gasteiger charge is -2.23. The molecular formula is C22H26FNO3. The molecule has 1 heterocycles. The van der Waals surface area contributed by atoms with E-state index < -0.39 is 0 Å². The van der Waals surface area contributed by atoms with E-state index in [1.807, 2.05) is 32.0 Å². The summed E-state index contributed by atoms with van der Waals surface area (Å²) in [5, 5.41) is 3.32. The van der Waals surface area contributed by atoms with Gasteiger partial charge in [0.05, 0.1) is 19.1 Å². The van der Waals surface area contributed by atoms with Crippen LogP contribution in [0.1, 0.15) is 37.5 Å². The van der Waals surface area contributed by atoms with Gasteiger partial charge in [0.15, 0.2) is 0 Å². The molecule has 27 heavy (non-hydrogen) atoms. The number of hydrogen-bond acceptors (Lipinski definition) is 4. The molecule has 0 fully saturated rings. The minimum Gasteiger partial charge on any atom is -0.490 e. The highest BCUT2D eigenvalue weighted by Gasteiger charge is 2.21. The second kappa shape index (κ2) is 8.53. The maximum absolute atomic E-state index is 14.3. The van der Waals surface area contributed by atoms with Crippen molar-refractivity contribution in [1.29, 1.82) is 0 Å². The normalized spacial score (nSPS) is 13.4. The second-order valence-corrected chi connectivity index (χ2v) is 6.96. The van der Waals surface area contributed by atoms with Crippen LogP contribution < -0.4 is 10.1 Å². The van der Waals surface area contributed by atoms with Gasteiger partial charge in [0, 0.05) is 12.1 Å². The van der Waals surface area contributed by atoms with Gasteiger partial charge >= 0.3 is 5.97 Å². The molecule has 0 spiro atoms. The largest absolute Gasteiger partial charge is 0.490 e. The number of rotatable bonds is 6. The molecule has 0 radical (unpaired) electrons. The quantitative estimate of drug-likeness (QED) is 0.779. The summed E-state index contributed by atoms with van der Waals surface area (Å²) in [4.78, 5) is 11.9. The monoisotopic (exact) mass is 371 g/mol. The molecule has 3 rings (SSSR count). The Labute approximate surface area is 159 Å². The molecule has 0 atom stereocenters. The molecule has 2 aromatic rings. The fraction of sp³-hybridized carbons (Fsp3) is 0.409. The van der Waals surface area contributed by atoms with Crippen molar-refractivity contribution in [3.8, 4) is 16.9 Å². The zero-order valence-electron chi connectivity index (χ0n) is 16.1. The average molecular weight is 371 g/mol. The first kappa shape index (κ1) is 19.4. The standard InChI is InChI=1S/C22H26FNO3/c1-4-26-22(25)12-15-5-8-21(27-14(2)3)18(11-15)16-6-7-20(23)17-9-10-24-13-19(16)17/h5-8,11,14,24H,4,9-10,12-13H2,1-3H3. The van der Waals surface area contributed by atoms with Crippen molar-refractivity contribution in [2.24, 2.45) is 0 Å². The maximum Gasteiger partial charge on any atom is 0.310 e. The van der Waals surface area contributed by atoms with Crippen LogP contribution >= 0.6 is 0 Å². The van der Waals surface area contributed by atoms with Crippen molar-refractivity contribution >= 4 is 5.97 Å². The molecule has 0 aliphatic carbocycles. The van der Waals surface area contributed by atoms with E-state index in [2.05, 4.69) is 5.32 Å². The molecule has 0 amide bonds. The van der Waals surface area contributed by atoms with E-state index in [1.54, 1.807) is 13.0 Å². The molecule has 4 nitrogen and oxygen atoms in total. The predicted octanol–water partition coefficient (Wildman–Crippen LogP) is 4.03. The Hall–Kier alpha value is -2.40. The van der Waals surface area contributed by atoms with Crippen molar-refractivity contribution in [2.75, 3.05) is 13.2 Å². The Balaban J connectivity index is 2.07. The van der Waals surface area contributed by atoms with E-state index in [0.29, 0.717) is 19.6 Å². The number of fused-ring (bicyclic) bond motifs is 1. The van der Waals surface area contributed by atoms with E-state index in [0.717, 1.165) is 40.1 Å². The SMILES string of the molecule is CCOC(=O)Cc1ccc(OC(C)C)c(-c2ccc(F)c3c2CNCC3)c1. The van der Waals surface area contributed by atoms with Crippen LogP contribution in [0, 0.1) is 5.82 Å². The second-order valence-electron chi connectivity index (χ2n) is 6.96. The highest BCUT2D eigenvalue weighted by molar-refractivity contribution is 5.78. The van der Waals surface area contributed by atoms with Crippen molar-refractivity contribution in [1.82, 2.24) is 5.32 Å². The number of hydrogen-bond donors (Lipinski definition) is 1. The number of carbonyl (C=O) groups is 1. The molecule has 0 unspecified atom stereocenters. The Morgan fingerprint density at radius 2 is 2.00 bits per heavy atom. The summed E-state index contributed by atoms with van der Waals surface area (Å²) in [6.45, 7) is 7.48. The molecule has 144 valence electrons. The Kier molecular flexibility index (Phi) is 6.11. The molecule has 0 aromatic heterocycles. The van der Waals surface area contributed by atoms with Gasteiger partial charge in [-0.1, -0.05) is 12.1 Å². The topological polar surface area (TPSA) is 47.6 Å². The third kappa shape index (κ3) is 4.48. The summed E-state index contributed by atoms with van der Waals surface area (Å²) >= 11 is 0. The molecular weight excluding hydrogens is 345 g/mol. The summed E-state index contributed by atoms with van der Waals surface area (Å²) < 4.78 is 25.4. The fourth-order valence-corrected chi connectivity index (χ4v) is 3.45. The van der Waals surface area contributed by atoms with Crippen LogP contribution in [0.2, 0.25) is 0 Å². The van der Waals surface area contributed by atoms with Crippen LogP contribution in [0.4, 0.5) is 4.39 Å². The van der Waals surface area contributed by atoms with Gasteiger partial charge in [0.2, 0.25) is 0 Å². The van der Waals surface area contributed by atoms with E-state index in [-0.39, 0.29) is 24.3 Å². The van der Waals surface area contributed by atoms with Crippen LogP contribution in [0.25, 0.3) is 11.1 Å². The average Bonchev–Trinajstić information content (AvgIpc) is 2.63. The highest BCUT2D eigenvalue weighted by atomic mass is 19.1. The smallest absolute Gasteiger partial charge is 0.310 e. The number of carbonyl (C=O) groups excluding carboxylic acids is 1. The number of nitrogens with one attached hydrogen (secondary N) is 1. The maximum atomic E-state index is 14.3. The van der Waals surface area contributed by atoms with Gasteiger partial charge in [0.25, 0.3) is 0 Å². The number of ether oxygens (including phenoxy) is 2. The zero-order valence-corrected chi connectivity index (χ0v) is 16.1. The van der Waals surface area contributed by atoms with Crippen LogP contribution in [0.15, 0.2) is 30.3 Å². The first-order valence-corrected chi connectivity index (χ1v) is 9.46. The van der Waals surface area contributed by atoms with Gasteiger partial charge in [-0.3, -0.25) is 4.79 Å². The third-order valence-electron chi connectivity index (χ3n) is 4.58. The van der Waals surface area contributed by atoms with Crippen molar-refractivity contribution < 1.29 is 18.7 Å². The van der Waals surface area contributed by atoms with Gasteiger partial charge in [-0.25, -0.2) is 4.39 Å². The molecule has 5 heteroatoms. The Morgan fingerprint density at radius 1 is 1.19 bits per heavy atom. The number of esters is 1. The summed E-state index contributed by atoms with van der Waals surface area (Å²) in [6.07, 6.45) is 0.872. The van der Waals surface area contributed by atoms with Crippen molar-refractivity contribution in [2.45, 2.75) is 46.3 Å². The van der Waals surface area contributed by atoms with Crippen LogP contribution in [-0.4, -0.2) is 25.2 Å². The molecule has 1 N–H and O–H groups in total. The Morgan fingerprint density at radius 3 is 2.74 bits per heavy atom. The predicted molar refractivity (Wildman–Crippen MR) is 103 cm³/mol. The highest BCUT2D eigenvalue weighted by Crippen LogP contribution is 2.37. The first-order chi connectivity index (χ1) is 13.0. The van der Waals surface area contributed by atoms with Gasteiger partial charge in [0.1, 0.15) is 11.6 Å². The molecule has 2 aromatic carbocycles. The molecule has 1 aliphatic rings. The number of benzene rings is 2. The summed E-state index contributed by atoms with van der Waals surface area (Å²) in [5.74, 6) is 0.310. The fourth-order valence-electron chi connectivity index (χ4n) is 3.45. The van der Waals surface area contributed by atoms with Crippen LogP contribution in [0.5, 0.6) is 5.75 Å². The van der Waals surface area contributed by atoms with Gasteiger partial charge in [-0.15, -0.1) is 0 Å². The first-order valence-electron chi connectivity index (χ1n) is 9.46. The van der Waals surface area contributed by atoms with Gasteiger partial charge in [-0.05, 0) is 74.2 Å². The lowest BCUT2D eigenvalue weighted by molar-refractivity contribution is -0.142. The van der Waals surface area contributed by atoms with E-state index in [4.69, 9.17) is 9.47 Å². The summed E-state index contributed by atoms with van der Waals surface area (Å²) in [6, 6.07) is 9.05. The van der Waals surface area contributed by atoms with Crippen LogP contribution in [-0.2, 0) is 28.9 Å². The molecule has 0 saturated heterocycles. The molecule has 0 bridgehead atoms. The van der Waals surface area contributed by atoms with Gasteiger partial charge in [-0.2, -0.15) is 0 Å². The minimum atomic E-state index is -0.260. The minimum absolute atomic E-state index is 0.00839. The van der Waals surface area contributed by atoms with Crippen LogP contribution in [0.3, 0.4) is 0 Å². The molecule has 1 aliphatic heterocycles. The van der Waals surface area contributed by atoms with E-state index >= 15 is 0 Å². The zero-order chi connectivity index (χ0) is 19.4. The number of halogens is 1. The van der Waals surface area contributed by atoms with Crippen molar-refractivity contribution in [3.05, 3.63) is 52.8 Å². The summed E-state index contributed by atoms with van der Waals surface area (Å²) in [7, 11) is 0. The van der Waals surface area contributed by atoms with Gasteiger partial charge < -0.3 is 14.8 Å². The summed E-state index contributed by atoms with van der Waals surface area (Å²) in [5.41, 5.74) is 4.40. The van der Waals surface area contributed by atoms with Crippen molar-refractivity contribution in [3.63, 3.8) is 0 Å². The molecule has 0 saturated carbocycles. The Bertz CT molecular complexity index is 833.